The van der Waals surface area contributed by atoms with Gasteiger partial charge in [-0.2, -0.15) is 5.26 Å². The maximum Gasteiger partial charge on any atom is 0.251 e. The summed E-state index contributed by atoms with van der Waals surface area (Å²) in [5.41, 5.74) is 7.82. The van der Waals surface area contributed by atoms with Crippen molar-refractivity contribution >= 4 is 22.8 Å². The van der Waals surface area contributed by atoms with Gasteiger partial charge < -0.3 is 20.9 Å². The molecule has 1 saturated heterocycles. The highest BCUT2D eigenvalue weighted by atomic mass is 19.1. The molecular formula is C23H27FN8O. The van der Waals surface area contributed by atoms with Gasteiger partial charge in [0.05, 0.1) is 11.3 Å². The molecule has 4 heterocycles. The van der Waals surface area contributed by atoms with Crippen molar-refractivity contribution in [1.82, 2.24) is 24.8 Å². The van der Waals surface area contributed by atoms with Crippen LogP contribution in [-0.4, -0.2) is 50.7 Å². The second kappa shape index (κ2) is 8.41. The molecule has 2 atom stereocenters. The van der Waals surface area contributed by atoms with Gasteiger partial charge >= 0.3 is 0 Å². The molecule has 172 valence electrons. The number of anilines is 1. The van der Waals surface area contributed by atoms with E-state index in [2.05, 4.69) is 21.7 Å². The summed E-state index contributed by atoms with van der Waals surface area (Å²) in [6.45, 7) is 6.80. The average molecular weight is 451 g/mol. The number of amides is 1. The number of alkyl halides is 1. The first-order valence-corrected chi connectivity index (χ1v) is 10.8. The lowest BCUT2D eigenvalue weighted by Gasteiger charge is -2.28. The van der Waals surface area contributed by atoms with E-state index < -0.39 is 17.5 Å². The van der Waals surface area contributed by atoms with Gasteiger partial charge in [0.1, 0.15) is 34.8 Å². The van der Waals surface area contributed by atoms with Crippen LogP contribution >= 0.6 is 0 Å². The smallest absolute Gasteiger partial charge is 0.251 e. The molecule has 3 aromatic heterocycles. The fraction of sp³-hybridized carbons (Fsp3) is 0.435. The summed E-state index contributed by atoms with van der Waals surface area (Å²) < 4.78 is 15.7. The minimum absolute atomic E-state index is 0.205. The zero-order chi connectivity index (χ0) is 23.9. The topological polar surface area (TPSA) is 135 Å². The number of carbonyl (C=O) groups is 1. The monoisotopic (exact) mass is 450 g/mol. The number of nitrogens with two attached hydrogens (primary N) is 1. The Labute approximate surface area is 191 Å². The van der Waals surface area contributed by atoms with E-state index in [9.17, 15) is 14.4 Å². The van der Waals surface area contributed by atoms with Crippen LogP contribution in [0.1, 0.15) is 49.1 Å². The second-order valence-corrected chi connectivity index (χ2v) is 9.43. The number of fused-ring (bicyclic) bond motifs is 1. The third kappa shape index (κ3) is 4.50. The summed E-state index contributed by atoms with van der Waals surface area (Å²) in [7, 11) is 1.76. The summed E-state index contributed by atoms with van der Waals surface area (Å²) in [5.74, 6) is 0.293. The number of pyridine rings is 1. The van der Waals surface area contributed by atoms with Gasteiger partial charge in [-0.3, -0.25) is 4.79 Å². The summed E-state index contributed by atoms with van der Waals surface area (Å²) in [5, 5.41) is 15.7. The largest absolute Gasteiger partial charge is 0.366 e. The molecule has 1 amide bonds. The normalized spacial score (nSPS) is 18.8. The minimum Gasteiger partial charge on any atom is -0.366 e. The Morgan fingerprint density at radius 3 is 2.64 bits per heavy atom. The Kier molecular flexibility index (Phi) is 5.76. The number of nitrogens with one attached hydrogen (secondary N) is 2. The van der Waals surface area contributed by atoms with Gasteiger partial charge in [-0.15, -0.1) is 0 Å². The van der Waals surface area contributed by atoms with Gasteiger partial charge in [0.15, 0.2) is 5.82 Å². The molecule has 0 saturated carbocycles. The van der Waals surface area contributed by atoms with E-state index >= 15 is 0 Å². The van der Waals surface area contributed by atoms with Crippen molar-refractivity contribution in [3.8, 4) is 17.3 Å². The van der Waals surface area contributed by atoms with Gasteiger partial charge in [0, 0.05) is 49.8 Å². The molecule has 0 unspecified atom stereocenters. The molecule has 0 aliphatic carbocycles. The molecular weight excluding hydrogens is 423 g/mol. The fourth-order valence-corrected chi connectivity index (χ4v) is 3.89. The van der Waals surface area contributed by atoms with Crippen LogP contribution in [0.15, 0.2) is 18.3 Å². The second-order valence-electron chi connectivity index (χ2n) is 9.43. The van der Waals surface area contributed by atoms with E-state index in [0.717, 1.165) is 0 Å². The number of aryl methyl sites for hydroxylation is 1. The summed E-state index contributed by atoms with van der Waals surface area (Å²) >= 11 is 0. The van der Waals surface area contributed by atoms with Gasteiger partial charge in [0.2, 0.25) is 0 Å². The summed E-state index contributed by atoms with van der Waals surface area (Å²) in [4.78, 5) is 26.6. The molecule has 4 N–H and O–H groups in total. The third-order valence-electron chi connectivity index (χ3n) is 5.64. The summed E-state index contributed by atoms with van der Waals surface area (Å²) in [6.07, 6.45) is 1.12. The first-order chi connectivity index (χ1) is 15.6. The molecule has 0 aromatic carbocycles. The molecule has 9 nitrogen and oxygen atoms in total. The molecule has 3 aromatic rings. The Balaban J connectivity index is 1.95. The van der Waals surface area contributed by atoms with Gasteiger partial charge in [-0.1, -0.05) is 20.8 Å². The predicted octanol–water partition coefficient (Wildman–Crippen LogP) is 2.41. The van der Waals surface area contributed by atoms with Gasteiger partial charge in [-0.05, 0) is 12.1 Å². The number of hydrogen-bond acceptors (Lipinski definition) is 7. The Bertz CT molecular complexity index is 1270. The van der Waals surface area contributed by atoms with Crippen molar-refractivity contribution in [2.24, 2.45) is 12.8 Å². The zero-order valence-electron chi connectivity index (χ0n) is 19.1. The Hall–Kier alpha value is -3.58. The van der Waals surface area contributed by atoms with Crippen LogP contribution in [-0.2, 0) is 12.5 Å². The molecule has 0 spiro atoms. The number of halogens is 1. The molecule has 1 fully saturated rings. The zero-order valence-corrected chi connectivity index (χ0v) is 19.1. The molecule has 10 heteroatoms. The van der Waals surface area contributed by atoms with Gasteiger partial charge in [0.25, 0.3) is 5.91 Å². The van der Waals surface area contributed by atoms with E-state index in [1.165, 1.54) is 0 Å². The number of carbonyl (C=O) groups excluding carboxylic acids is 1. The highest BCUT2D eigenvalue weighted by molar-refractivity contribution is 6.07. The lowest BCUT2D eigenvalue weighted by atomic mass is 9.95. The van der Waals surface area contributed by atoms with Crippen LogP contribution in [0, 0.1) is 11.3 Å². The quantitative estimate of drug-likeness (QED) is 0.555. The first kappa shape index (κ1) is 22.6. The van der Waals surface area contributed by atoms with Crippen molar-refractivity contribution in [1.29, 1.82) is 5.26 Å². The molecule has 1 aliphatic heterocycles. The predicted molar refractivity (Wildman–Crippen MR) is 123 cm³/mol. The van der Waals surface area contributed by atoms with E-state index in [-0.39, 0.29) is 11.6 Å². The van der Waals surface area contributed by atoms with Crippen molar-refractivity contribution in [2.45, 2.75) is 44.8 Å². The van der Waals surface area contributed by atoms with Crippen molar-refractivity contribution in [3.05, 3.63) is 35.4 Å². The Morgan fingerprint density at radius 1 is 1.27 bits per heavy atom. The van der Waals surface area contributed by atoms with E-state index in [1.807, 2.05) is 20.8 Å². The van der Waals surface area contributed by atoms with Crippen LogP contribution in [0.4, 0.5) is 10.2 Å². The summed E-state index contributed by atoms with van der Waals surface area (Å²) in [6, 6.07) is 5.19. The van der Waals surface area contributed by atoms with E-state index in [1.54, 1.807) is 29.9 Å². The van der Waals surface area contributed by atoms with Crippen LogP contribution in [0.25, 0.3) is 22.3 Å². The lowest BCUT2D eigenvalue weighted by Crippen LogP contribution is -2.44. The van der Waals surface area contributed by atoms with Crippen molar-refractivity contribution in [2.75, 3.05) is 18.4 Å². The number of rotatable bonds is 4. The molecule has 0 bridgehead atoms. The number of hydrogen-bond donors (Lipinski definition) is 3. The number of nitrogens with zero attached hydrogens (tertiary/aromatic N) is 5. The van der Waals surface area contributed by atoms with Crippen LogP contribution < -0.4 is 16.4 Å². The average Bonchev–Trinajstić information content (AvgIpc) is 3.13. The van der Waals surface area contributed by atoms with E-state index in [0.29, 0.717) is 59.1 Å². The number of nitriles is 1. The SMILES string of the molecule is Cn1cc(-c2cc(C(N)=O)c3nc(C(C)(C)C)nc(N[C@@H]4CNC[C@@H](F)C4)c3n2)cc1C#N. The number of piperidine rings is 1. The highest BCUT2D eigenvalue weighted by Gasteiger charge is 2.27. The number of aromatic nitrogens is 4. The fourth-order valence-electron chi connectivity index (χ4n) is 3.89. The van der Waals surface area contributed by atoms with Crippen LogP contribution in [0.3, 0.4) is 0 Å². The third-order valence-corrected chi connectivity index (χ3v) is 5.64. The molecule has 1 aliphatic rings. The van der Waals surface area contributed by atoms with Crippen LogP contribution in [0.2, 0.25) is 0 Å². The van der Waals surface area contributed by atoms with Gasteiger partial charge in [-0.25, -0.2) is 19.3 Å². The van der Waals surface area contributed by atoms with Crippen molar-refractivity contribution < 1.29 is 9.18 Å². The molecule has 33 heavy (non-hydrogen) atoms. The minimum atomic E-state index is -0.968. The van der Waals surface area contributed by atoms with Crippen LogP contribution in [0.5, 0.6) is 0 Å². The maximum atomic E-state index is 14.0. The lowest BCUT2D eigenvalue weighted by molar-refractivity contribution is 0.100. The molecule has 0 radical (unpaired) electrons. The Morgan fingerprint density at radius 2 is 2.03 bits per heavy atom. The highest BCUT2D eigenvalue weighted by Crippen LogP contribution is 2.31. The standard InChI is InChI=1S/C23H27FN8O/c1-23(2,3)22-30-18-16(20(26)33)7-17(12-5-15(8-25)32(4)11-12)29-19(18)21(31-22)28-14-6-13(24)9-27-10-14/h5,7,11,13-14,27H,6,9-10H2,1-4H3,(H2,26,33)(H,28,30,31)/t13-,14-/m0/s1. The first-order valence-electron chi connectivity index (χ1n) is 10.8. The maximum absolute atomic E-state index is 14.0. The number of primary amides is 1. The van der Waals surface area contributed by atoms with Crippen molar-refractivity contribution in [3.63, 3.8) is 0 Å². The molecule has 4 rings (SSSR count). The van der Waals surface area contributed by atoms with E-state index in [4.69, 9.17) is 15.7 Å².